The van der Waals surface area contributed by atoms with Crippen molar-refractivity contribution in [1.29, 1.82) is 0 Å². The van der Waals surface area contributed by atoms with Crippen LogP contribution in [-0.4, -0.2) is 71.8 Å². The molecule has 0 spiro atoms. The van der Waals surface area contributed by atoms with E-state index >= 15 is 0 Å². The minimum Gasteiger partial charge on any atom is -0.381 e. The summed E-state index contributed by atoms with van der Waals surface area (Å²) in [4.78, 5) is 7.08. The van der Waals surface area contributed by atoms with Crippen LogP contribution in [0.1, 0.15) is 25.3 Å². The van der Waals surface area contributed by atoms with Crippen LogP contribution in [0.25, 0.3) is 0 Å². The maximum Gasteiger partial charge on any atom is 0.191 e. The molecule has 2 heterocycles. The van der Waals surface area contributed by atoms with E-state index in [9.17, 15) is 0 Å². The van der Waals surface area contributed by atoms with E-state index in [-0.39, 0.29) is 0 Å². The highest BCUT2D eigenvalue weighted by Gasteiger charge is 2.15. The summed E-state index contributed by atoms with van der Waals surface area (Å²) in [7, 11) is 0. The third-order valence-corrected chi connectivity index (χ3v) is 5.21. The summed E-state index contributed by atoms with van der Waals surface area (Å²) < 4.78 is 16.6. The van der Waals surface area contributed by atoms with Crippen LogP contribution in [0.15, 0.2) is 29.3 Å². The molecule has 0 bridgehead atoms. The number of anilines is 1. The number of rotatable bonds is 10. The van der Waals surface area contributed by atoms with Crippen LogP contribution in [0.5, 0.6) is 0 Å². The average molecular weight is 405 g/mol. The Labute approximate surface area is 174 Å². The molecule has 2 fully saturated rings. The van der Waals surface area contributed by atoms with E-state index in [0.717, 1.165) is 84.6 Å². The Morgan fingerprint density at radius 3 is 2.69 bits per heavy atom. The number of morpholine rings is 1. The Morgan fingerprint density at radius 1 is 1.14 bits per heavy atom. The van der Waals surface area contributed by atoms with E-state index < -0.39 is 0 Å². The Kier molecular flexibility index (Phi) is 9.56. The van der Waals surface area contributed by atoms with Crippen LogP contribution in [0.3, 0.4) is 0 Å². The number of aliphatic imine (C=N–C) groups is 1. The zero-order valence-electron chi connectivity index (χ0n) is 17.7. The van der Waals surface area contributed by atoms with Gasteiger partial charge in [0.05, 0.1) is 33.0 Å². The van der Waals surface area contributed by atoms with E-state index in [1.54, 1.807) is 0 Å². The van der Waals surface area contributed by atoms with E-state index in [4.69, 9.17) is 19.2 Å². The van der Waals surface area contributed by atoms with Gasteiger partial charge in [0.2, 0.25) is 0 Å². The lowest BCUT2D eigenvalue weighted by Crippen LogP contribution is -2.38. The molecule has 2 N–H and O–H groups in total. The molecule has 2 saturated heterocycles. The van der Waals surface area contributed by atoms with Gasteiger partial charge < -0.3 is 29.7 Å². The topological polar surface area (TPSA) is 67.4 Å². The molecule has 29 heavy (non-hydrogen) atoms. The van der Waals surface area contributed by atoms with Gasteiger partial charge >= 0.3 is 0 Å². The van der Waals surface area contributed by atoms with E-state index in [0.29, 0.717) is 12.5 Å². The minimum absolute atomic E-state index is 0.580. The zero-order chi connectivity index (χ0) is 20.2. The lowest BCUT2D eigenvalue weighted by atomic mass is 10.1. The molecule has 7 nitrogen and oxygen atoms in total. The van der Waals surface area contributed by atoms with Crippen molar-refractivity contribution in [3.8, 4) is 0 Å². The first kappa shape index (κ1) is 21.9. The van der Waals surface area contributed by atoms with Crippen LogP contribution < -0.4 is 15.5 Å². The van der Waals surface area contributed by atoms with E-state index in [1.165, 1.54) is 11.3 Å². The summed E-state index contributed by atoms with van der Waals surface area (Å²) in [5, 5.41) is 6.71. The van der Waals surface area contributed by atoms with Crippen molar-refractivity contribution in [3.63, 3.8) is 0 Å². The fourth-order valence-corrected chi connectivity index (χ4v) is 3.49. The average Bonchev–Trinajstić information content (AvgIpc) is 3.29. The van der Waals surface area contributed by atoms with Crippen LogP contribution in [0.2, 0.25) is 0 Å². The number of hydrogen-bond donors (Lipinski definition) is 2. The maximum absolute atomic E-state index is 5.76. The largest absolute Gasteiger partial charge is 0.381 e. The fourth-order valence-electron chi connectivity index (χ4n) is 3.49. The van der Waals surface area contributed by atoms with Crippen molar-refractivity contribution in [2.24, 2.45) is 10.9 Å². The first-order valence-electron chi connectivity index (χ1n) is 10.9. The molecule has 0 saturated carbocycles. The van der Waals surface area contributed by atoms with Crippen molar-refractivity contribution in [3.05, 3.63) is 29.8 Å². The van der Waals surface area contributed by atoms with Gasteiger partial charge in [0, 0.05) is 51.0 Å². The number of nitrogens with zero attached hydrogens (tertiary/aromatic N) is 2. The normalized spacial score (nSPS) is 20.1. The molecule has 1 aromatic carbocycles. The quantitative estimate of drug-likeness (QED) is 0.353. The number of benzene rings is 1. The first-order chi connectivity index (χ1) is 14.3. The summed E-state index contributed by atoms with van der Waals surface area (Å²) >= 11 is 0. The van der Waals surface area contributed by atoms with Crippen LogP contribution >= 0.6 is 0 Å². The number of guanidine groups is 1. The van der Waals surface area contributed by atoms with E-state index in [2.05, 4.69) is 46.7 Å². The maximum atomic E-state index is 5.76. The minimum atomic E-state index is 0.580. The van der Waals surface area contributed by atoms with Crippen LogP contribution in [0, 0.1) is 5.92 Å². The highest BCUT2D eigenvalue weighted by atomic mass is 16.5. The van der Waals surface area contributed by atoms with Gasteiger partial charge in [-0.3, -0.25) is 0 Å². The molecule has 3 rings (SSSR count). The van der Waals surface area contributed by atoms with Crippen molar-refractivity contribution in [2.45, 2.75) is 26.3 Å². The Bertz CT molecular complexity index is 597. The van der Waals surface area contributed by atoms with Gasteiger partial charge in [-0.05, 0) is 37.5 Å². The van der Waals surface area contributed by atoms with Gasteiger partial charge in [-0.1, -0.05) is 12.1 Å². The van der Waals surface area contributed by atoms with Gasteiger partial charge in [-0.2, -0.15) is 0 Å². The lowest BCUT2D eigenvalue weighted by Gasteiger charge is -2.28. The van der Waals surface area contributed by atoms with Crippen molar-refractivity contribution in [2.75, 3.05) is 70.7 Å². The Hall–Kier alpha value is -1.83. The molecule has 1 unspecified atom stereocenters. The second-order valence-electron chi connectivity index (χ2n) is 7.55. The van der Waals surface area contributed by atoms with Gasteiger partial charge in [-0.25, -0.2) is 4.99 Å². The predicted molar refractivity (Wildman–Crippen MR) is 117 cm³/mol. The Morgan fingerprint density at radius 2 is 1.97 bits per heavy atom. The molecule has 0 aromatic heterocycles. The molecule has 2 aliphatic rings. The van der Waals surface area contributed by atoms with Crippen LogP contribution in [-0.2, 0) is 20.8 Å². The molecule has 1 aromatic rings. The van der Waals surface area contributed by atoms with Crippen LogP contribution in [0.4, 0.5) is 5.69 Å². The van der Waals surface area contributed by atoms with E-state index in [1.807, 2.05) is 0 Å². The number of ether oxygens (including phenoxy) is 3. The molecule has 0 radical (unpaired) electrons. The molecule has 162 valence electrons. The Balaban J connectivity index is 1.36. The molecule has 7 heteroatoms. The number of nitrogens with one attached hydrogen (secondary N) is 2. The van der Waals surface area contributed by atoms with Crippen molar-refractivity contribution in [1.82, 2.24) is 10.6 Å². The molecular weight excluding hydrogens is 368 g/mol. The summed E-state index contributed by atoms with van der Waals surface area (Å²) in [5.74, 6) is 1.44. The third kappa shape index (κ3) is 7.84. The van der Waals surface area contributed by atoms with Gasteiger partial charge in [0.25, 0.3) is 0 Å². The molecular formula is C22H36N4O3. The predicted octanol–water partition coefficient (Wildman–Crippen LogP) is 2.02. The standard InChI is InChI=1S/C22H36N4O3/c1-2-23-22(24-9-3-12-28-17-20-8-13-29-18-20)25-16-19-4-6-21(7-5-19)26-10-14-27-15-11-26/h4-7,20H,2-3,8-18H2,1H3,(H2,23,24,25). The third-order valence-electron chi connectivity index (χ3n) is 5.21. The number of hydrogen-bond acceptors (Lipinski definition) is 5. The summed E-state index contributed by atoms with van der Waals surface area (Å²) in [6, 6.07) is 8.70. The molecule has 1 atom stereocenters. The van der Waals surface area contributed by atoms with Crippen molar-refractivity contribution < 1.29 is 14.2 Å². The lowest BCUT2D eigenvalue weighted by molar-refractivity contribution is 0.0888. The summed E-state index contributed by atoms with van der Waals surface area (Å²) in [5.41, 5.74) is 2.47. The monoisotopic (exact) mass is 404 g/mol. The zero-order valence-corrected chi connectivity index (χ0v) is 17.7. The van der Waals surface area contributed by atoms with Crippen molar-refractivity contribution >= 4 is 11.6 Å². The molecule has 0 amide bonds. The molecule has 2 aliphatic heterocycles. The summed E-state index contributed by atoms with van der Waals surface area (Å²) in [6.45, 7) is 11.3. The second-order valence-corrected chi connectivity index (χ2v) is 7.55. The second kappa shape index (κ2) is 12.7. The highest BCUT2D eigenvalue weighted by Crippen LogP contribution is 2.17. The van der Waals surface area contributed by atoms with Gasteiger partial charge in [0.15, 0.2) is 5.96 Å². The highest BCUT2D eigenvalue weighted by molar-refractivity contribution is 5.79. The fraction of sp³-hybridized carbons (Fsp3) is 0.682. The first-order valence-corrected chi connectivity index (χ1v) is 10.9. The SMILES string of the molecule is CCNC(=NCc1ccc(N2CCOCC2)cc1)NCCCOCC1CCOC1. The summed E-state index contributed by atoms with van der Waals surface area (Å²) in [6.07, 6.45) is 2.09. The molecule has 0 aliphatic carbocycles. The van der Waals surface area contributed by atoms with Gasteiger partial charge in [0.1, 0.15) is 0 Å². The van der Waals surface area contributed by atoms with Gasteiger partial charge in [-0.15, -0.1) is 0 Å². The smallest absolute Gasteiger partial charge is 0.191 e.